The molecule has 7 heteroatoms. The van der Waals surface area contributed by atoms with E-state index in [0.717, 1.165) is 24.8 Å². The molecule has 0 aromatic heterocycles. The zero-order valence-electron chi connectivity index (χ0n) is 17.2. The van der Waals surface area contributed by atoms with E-state index in [0.29, 0.717) is 17.0 Å². The fourth-order valence-corrected chi connectivity index (χ4v) is 4.89. The molecule has 1 aliphatic rings. The standard InChI is InChI=1S/C24H24N2O4S/c1-30-20-12-14-21(15-13-20)31(28,29)26-19-9-4-8-18(16-19)24(27)25-23-11-5-7-17-6-2-3-10-22(17)23/h2-4,6,8-10,12-16,23,26H,5,7,11H2,1H3,(H,25,27). The van der Waals surface area contributed by atoms with Gasteiger partial charge in [0, 0.05) is 11.3 Å². The lowest BCUT2D eigenvalue weighted by Gasteiger charge is -2.26. The van der Waals surface area contributed by atoms with Crippen LogP contribution in [0.5, 0.6) is 5.75 Å². The molecule has 4 rings (SSSR count). The Hall–Kier alpha value is -3.32. The molecular weight excluding hydrogens is 412 g/mol. The molecule has 1 atom stereocenters. The minimum absolute atomic E-state index is 0.0444. The zero-order valence-corrected chi connectivity index (χ0v) is 18.0. The Labute approximate surface area is 182 Å². The maximum atomic E-state index is 12.9. The first kappa shape index (κ1) is 20.9. The van der Waals surface area contributed by atoms with Crippen LogP contribution in [0, 0.1) is 0 Å². The van der Waals surface area contributed by atoms with Gasteiger partial charge in [-0.05, 0) is 72.9 Å². The van der Waals surface area contributed by atoms with Crippen molar-refractivity contribution in [1.29, 1.82) is 0 Å². The second kappa shape index (κ2) is 8.81. The number of aryl methyl sites for hydroxylation is 1. The number of amides is 1. The summed E-state index contributed by atoms with van der Waals surface area (Å²) >= 11 is 0. The lowest BCUT2D eigenvalue weighted by atomic mass is 9.87. The molecule has 0 bridgehead atoms. The van der Waals surface area contributed by atoms with Gasteiger partial charge < -0.3 is 10.1 Å². The number of rotatable bonds is 6. The first-order valence-corrected chi connectivity index (χ1v) is 11.6. The maximum Gasteiger partial charge on any atom is 0.261 e. The summed E-state index contributed by atoms with van der Waals surface area (Å²) < 4.78 is 33.0. The molecule has 0 saturated heterocycles. The number of hydrogen-bond acceptors (Lipinski definition) is 4. The number of benzene rings is 3. The molecular formula is C24H24N2O4S. The number of carbonyl (C=O) groups excluding carboxylic acids is 1. The normalized spacial score (nSPS) is 15.6. The van der Waals surface area contributed by atoms with Crippen LogP contribution in [0.1, 0.15) is 40.4 Å². The summed E-state index contributed by atoms with van der Waals surface area (Å²) in [6, 6.07) is 20.7. The van der Waals surface area contributed by atoms with E-state index in [1.807, 2.05) is 12.1 Å². The Morgan fingerprint density at radius 1 is 1.00 bits per heavy atom. The van der Waals surface area contributed by atoms with Crippen LogP contribution >= 0.6 is 0 Å². The number of hydrogen-bond donors (Lipinski definition) is 2. The number of sulfonamides is 1. The van der Waals surface area contributed by atoms with E-state index in [2.05, 4.69) is 22.2 Å². The fraction of sp³-hybridized carbons (Fsp3) is 0.208. The maximum absolute atomic E-state index is 12.9. The molecule has 0 aliphatic heterocycles. The van der Waals surface area contributed by atoms with E-state index in [4.69, 9.17) is 4.74 Å². The van der Waals surface area contributed by atoms with Crippen molar-refractivity contribution in [3.63, 3.8) is 0 Å². The molecule has 1 aliphatic carbocycles. The molecule has 3 aromatic rings. The van der Waals surface area contributed by atoms with Crippen molar-refractivity contribution < 1.29 is 17.9 Å². The third-order valence-corrected chi connectivity index (χ3v) is 6.82. The summed E-state index contributed by atoms with van der Waals surface area (Å²) in [5.74, 6) is 0.342. The third kappa shape index (κ3) is 4.72. The molecule has 160 valence electrons. The highest BCUT2D eigenvalue weighted by molar-refractivity contribution is 7.92. The summed E-state index contributed by atoms with van der Waals surface area (Å²) in [5, 5.41) is 3.10. The zero-order chi connectivity index (χ0) is 21.8. The number of nitrogens with one attached hydrogen (secondary N) is 2. The average Bonchev–Trinajstić information content (AvgIpc) is 2.79. The van der Waals surface area contributed by atoms with Crippen LogP contribution in [-0.4, -0.2) is 21.4 Å². The second-order valence-corrected chi connectivity index (χ2v) is 9.16. The van der Waals surface area contributed by atoms with Crippen molar-refractivity contribution in [2.75, 3.05) is 11.8 Å². The third-order valence-electron chi connectivity index (χ3n) is 5.42. The van der Waals surface area contributed by atoms with Crippen LogP contribution in [0.3, 0.4) is 0 Å². The summed E-state index contributed by atoms with van der Waals surface area (Å²) in [7, 11) is -2.27. The Bertz CT molecular complexity index is 1190. The Morgan fingerprint density at radius 3 is 2.55 bits per heavy atom. The van der Waals surface area contributed by atoms with Gasteiger partial charge in [-0.1, -0.05) is 30.3 Å². The van der Waals surface area contributed by atoms with Gasteiger partial charge in [0.1, 0.15) is 5.75 Å². The van der Waals surface area contributed by atoms with Crippen LogP contribution in [0.4, 0.5) is 5.69 Å². The van der Waals surface area contributed by atoms with E-state index in [1.165, 1.54) is 24.8 Å². The summed E-state index contributed by atoms with van der Waals surface area (Å²) in [5.41, 5.74) is 3.14. The largest absolute Gasteiger partial charge is 0.497 e. The number of carbonyl (C=O) groups is 1. The molecule has 1 unspecified atom stereocenters. The molecule has 0 saturated carbocycles. The number of fused-ring (bicyclic) bond motifs is 1. The van der Waals surface area contributed by atoms with Crippen LogP contribution in [0.15, 0.2) is 77.7 Å². The number of methoxy groups -OCH3 is 1. The van der Waals surface area contributed by atoms with Gasteiger partial charge in [0.2, 0.25) is 0 Å². The van der Waals surface area contributed by atoms with Crippen molar-refractivity contribution in [1.82, 2.24) is 5.32 Å². The van der Waals surface area contributed by atoms with Crippen molar-refractivity contribution in [3.8, 4) is 5.75 Å². The summed E-state index contributed by atoms with van der Waals surface area (Å²) in [6.07, 6.45) is 2.92. The van der Waals surface area contributed by atoms with Gasteiger partial charge in [-0.15, -0.1) is 0 Å². The van der Waals surface area contributed by atoms with Gasteiger partial charge >= 0.3 is 0 Å². The highest BCUT2D eigenvalue weighted by Gasteiger charge is 2.22. The lowest BCUT2D eigenvalue weighted by Crippen LogP contribution is -2.31. The molecule has 1 amide bonds. The van der Waals surface area contributed by atoms with Gasteiger partial charge in [0.25, 0.3) is 15.9 Å². The highest BCUT2D eigenvalue weighted by Crippen LogP contribution is 2.30. The van der Waals surface area contributed by atoms with Gasteiger partial charge in [-0.25, -0.2) is 8.42 Å². The monoisotopic (exact) mass is 436 g/mol. The molecule has 3 aromatic carbocycles. The molecule has 2 N–H and O–H groups in total. The Kier molecular flexibility index (Phi) is 5.95. The van der Waals surface area contributed by atoms with E-state index < -0.39 is 10.0 Å². The van der Waals surface area contributed by atoms with Gasteiger partial charge in [-0.3, -0.25) is 9.52 Å². The van der Waals surface area contributed by atoms with Gasteiger partial charge in [0.05, 0.1) is 18.0 Å². The molecule has 0 fully saturated rings. The molecule has 0 radical (unpaired) electrons. The summed E-state index contributed by atoms with van der Waals surface area (Å²) in [4.78, 5) is 13.0. The van der Waals surface area contributed by atoms with Crippen LogP contribution < -0.4 is 14.8 Å². The van der Waals surface area contributed by atoms with Crippen LogP contribution in [0.2, 0.25) is 0 Å². The van der Waals surface area contributed by atoms with Gasteiger partial charge in [0.15, 0.2) is 0 Å². The van der Waals surface area contributed by atoms with Crippen molar-refractivity contribution in [2.24, 2.45) is 0 Å². The van der Waals surface area contributed by atoms with Crippen molar-refractivity contribution >= 4 is 21.6 Å². The SMILES string of the molecule is COc1ccc(S(=O)(=O)Nc2cccc(C(=O)NC3CCCc4ccccc43)c2)cc1. The molecule has 6 nitrogen and oxygen atoms in total. The van der Waals surface area contributed by atoms with Crippen molar-refractivity contribution in [3.05, 3.63) is 89.5 Å². The number of anilines is 1. The van der Waals surface area contributed by atoms with Crippen LogP contribution in [0.25, 0.3) is 0 Å². The Balaban J connectivity index is 1.50. The van der Waals surface area contributed by atoms with E-state index >= 15 is 0 Å². The highest BCUT2D eigenvalue weighted by atomic mass is 32.2. The van der Waals surface area contributed by atoms with E-state index in [1.54, 1.807) is 36.4 Å². The average molecular weight is 437 g/mol. The summed E-state index contributed by atoms with van der Waals surface area (Å²) in [6.45, 7) is 0. The Morgan fingerprint density at radius 2 is 1.77 bits per heavy atom. The van der Waals surface area contributed by atoms with E-state index in [9.17, 15) is 13.2 Å². The number of ether oxygens (including phenoxy) is 1. The van der Waals surface area contributed by atoms with E-state index in [-0.39, 0.29) is 16.8 Å². The molecule has 31 heavy (non-hydrogen) atoms. The topological polar surface area (TPSA) is 84.5 Å². The predicted molar refractivity (Wildman–Crippen MR) is 120 cm³/mol. The van der Waals surface area contributed by atoms with Crippen LogP contribution in [-0.2, 0) is 16.4 Å². The predicted octanol–water partition coefficient (Wildman–Crippen LogP) is 4.30. The lowest BCUT2D eigenvalue weighted by molar-refractivity contribution is 0.0932. The quantitative estimate of drug-likeness (QED) is 0.603. The minimum atomic E-state index is -3.79. The fourth-order valence-electron chi connectivity index (χ4n) is 3.84. The van der Waals surface area contributed by atoms with Crippen molar-refractivity contribution in [2.45, 2.75) is 30.2 Å². The smallest absolute Gasteiger partial charge is 0.261 e. The molecule has 0 heterocycles. The first-order valence-electron chi connectivity index (χ1n) is 10.1. The minimum Gasteiger partial charge on any atom is -0.497 e. The first-order chi connectivity index (χ1) is 15.0. The molecule has 0 spiro atoms. The van der Waals surface area contributed by atoms with Gasteiger partial charge in [-0.2, -0.15) is 0 Å². The second-order valence-electron chi connectivity index (χ2n) is 7.48.